The third-order valence-electron chi connectivity index (χ3n) is 4.34. The standard InChI is InChI=1S/C14H24N2O2/c1-3-16-13(17)9-12(14(16)18)15-11-8-6-4-5-7-10(11)2/h10-12,15H,3-9H2,1-2H3. The third-order valence-corrected chi connectivity index (χ3v) is 4.34. The van der Waals surface area contributed by atoms with Crippen LogP contribution in [0, 0.1) is 5.92 Å². The molecule has 2 fully saturated rings. The van der Waals surface area contributed by atoms with Gasteiger partial charge >= 0.3 is 0 Å². The molecule has 2 aliphatic rings. The van der Waals surface area contributed by atoms with Crippen molar-refractivity contribution in [1.82, 2.24) is 10.2 Å². The number of hydrogen-bond acceptors (Lipinski definition) is 3. The van der Waals surface area contributed by atoms with Gasteiger partial charge < -0.3 is 5.32 Å². The number of rotatable bonds is 3. The van der Waals surface area contributed by atoms with E-state index < -0.39 is 0 Å². The highest BCUT2D eigenvalue weighted by Gasteiger charge is 2.39. The zero-order valence-corrected chi connectivity index (χ0v) is 11.4. The zero-order chi connectivity index (χ0) is 13.1. The summed E-state index contributed by atoms with van der Waals surface area (Å²) in [5.41, 5.74) is 0. The average molecular weight is 252 g/mol. The Bertz CT molecular complexity index is 330. The van der Waals surface area contributed by atoms with E-state index in [1.807, 2.05) is 6.92 Å². The first-order chi connectivity index (χ1) is 8.63. The molecule has 1 aliphatic heterocycles. The van der Waals surface area contributed by atoms with Crippen molar-refractivity contribution in [2.24, 2.45) is 5.92 Å². The fourth-order valence-corrected chi connectivity index (χ4v) is 3.14. The molecule has 0 radical (unpaired) electrons. The molecule has 0 aromatic heterocycles. The molecule has 0 bridgehead atoms. The van der Waals surface area contributed by atoms with Gasteiger partial charge in [-0.2, -0.15) is 0 Å². The second kappa shape index (κ2) is 5.83. The van der Waals surface area contributed by atoms with Crippen molar-refractivity contribution < 1.29 is 9.59 Å². The van der Waals surface area contributed by atoms with E-state index >= 15 is 0 Å². The Morgan fingerprint density at radius 1 is 1.22 bits per heavy atom. The highest BCUT2D eigenvalue weighted by Crippen LogP contribution is 2.24. The van der Waals surface area contributed by atoms with Crippen LogP contribution in [-0.4, -0.2) is 35.3 Å². The van der Waals surface area contributed by atoms with E-state index in [-0.39, 0.29) is 17.9 Å². The molecule has 4 nitrogen and oxygen atoms in total. The molecule has 18 heavy (non-hydrogen) atoms. The van der Waals surface area contributed by atoms with Crippen LogP contribution in [0.5, 0.6) is 0 Å². The van der Waals surface area contributed by atoms with Gasteiger partial charge in [-0.15, -0.1) is 0 Å². The van der Waals surface area contributed by atoms with Crippen molar-refractivity contribution in [3.05, 3.63) is 0 Å². The molecule has 3 atom stereocenters. The lowest BCUT2D eigenvalue weighted by Crippen LogP contribution is -2.46. The summed E-state index contributed by atoms with van der Waals surface area (Å²) in [6.07, 6.45) is 6.51. The maximum atomic E-state index is 12.1. The van der Waals surface area contributed by atoms with E-state index in [0.717, 1.165) is 6.42 Å². The number of carbonyl (C=O) groups excluding carboxylic acids is 2. The van der Waals surface area contributed by atoms with Crippen molar-refractivity contribution in [1.29, 1.82) is 0 Å². The molecule has 3 unspecified atom stereocenters. The van der Waals surface area contributed by atoms with E-state index in [9.17, 15) is 9.59 Å². The predicted octanol–water partition coefficient (Wildman–Crippen LogP) is 1.69. The summed E-state index contributed by atoms with van der Waals surface area (Å²) in [5.74, 6) is 0.548. The van der Waals surface area contributed by atoms with Gasteiger partial charge in [-0.3, -0.25) is 14.5 Å². The smallest absolute Gasteiger partial charge is 0.246 e. The molecular weight excluding hydrogens is 228 g/mol. The summed E-state index contributed by atoms with van der Waals surface area (Å²) in [6.45, 7) is 4.60. The Kier molecular flexibility index (Phi) is 4.38. The molecule has 0 aromatic rings. The van der Waals surface area contributed by atoms with Crippen LogP contribution in [0.4, 0.5) is 0 Å². The minimum atomic E-state index is -0.275. The van der Waals surface area contributed by atoms with Crippen LogP contribution in [0.15, 0.2) is 0 Å². The summed E-state index contributed by atoms with van der Waals surface area (Å²) < 4.78 is 0. The Balaban J connectivity index is 1.96. The van der Waals surface area contributed by atoms with Crippen LogP contribution >= 0.6 is 0 Å². The zero-order valence-electron chi connectivity index (χ0n) is 11.4. The van der Waals surface area contributed by atoms with E-state index in [1.54, 1.807) is 0 Å². The van der Waals surface area contributed by atoms with Crippen molar-refractivity contribution in [3.63, 3.8) is 0 Å². The maximum absolute atomic E-state index is 12.1. The molecule has 0 spiro atoms. The van der Waals surface area contributed by atoms with Gasteiger partial charge in [0.15, 0.2) is 0 Å². The minimum absolute atomic E-state index is 0.0266. The lowest BCUT2D eigenvalue weighted by atomic mass is 9.96. The fraction of sp³-hybridized carbons (Fsp3) is 0.857. The lowest BCUT2D eigenvalue weighted by Gasteiger charge is -2.25. The fourth-order valence-electron chi connectivity index (χ4n) is 3.14. The van der Waals surface area contributed by atoms with Gasteiger partial charge in [0.05, 0.1) is 12.5 Å². The summed E-state index contributed by atoms with van der Waals surface area (Å²) in [7, 11) is 0. The first-order valence-corrected chi connectivity index (χ1v) is 7.23. The van der Waals surface area contributed by atoms with Crippen molar-refractivity contribution in [3.8, 4) is 0 Å². The molecule has 1 saturated heterocycles. The summed E-state index contributed by atoms with van der Waals surface area (Å²) >= 11 is 0. The molecule has 1 saturated carbocycles. The molecule has 4 heteroatoms. The normalized spacial score (nSPS) is 33.9. The van der Waals surface area contributed by atoms with E-state index in [1.165, 1.54) is 30.6 Å². The van der Waals surface area contributed by atoms with E-state index in [0.29, 0.717) is 24.9 Å². The van der Waals surface area contributed by atoms with Crippen molar-refractivity contribution in [2.75, 3.05) is 6.54 Å². The SMILES string of the molecule is CCN1C(=O)CC(NC2CCCCCC2C)C1=O. The second-order valence-corrected chi connectivity index (χ2v) is 5.62. The molecule has 2 amide bonds. The number of carbonyl (C=O) groups is 2. The van der Waals surface area contributed by atoms with Gasteiger partial charge in [0.1, 0.15) is 0 Å². The highest BCUT2D eigenvalue weighted by atomic mass is 16.2. The number of nitrogens with zero attached hydrogens (tertiary/aromatic N) is 1. The van der Waals surface area contributed by atoms with E-state index in [2.05, 4.69) is 12.2 Å². The van der Waals surface area contributed by atoms with Crippen molar-refractivity contribution in [2.45, 2.75) is 64.5 Å². The quantitative estimate of drug-likeness (QED) is 0.614. The maximum Gasteiger partial charge on any atom is 0.246 e. The van der Waals surface area contributed by atoms with Crippen LogP contribution in [0.1, 0.15) is 52.4 Å². The molecule has 1 aliphatic carbocycles. The summed E-state index contributed by atoms with van der Waals surface area (Å²) in [6, 6.07) is 0.119. The molecule has 1 N–H and O–H groups in total. The monoisotopic (exact) mass is 252 g/mol. The van der Waals surface area contributed by atoms with Crippen LogP contribution < -0.4 is 5.32 Å². The van der Waals surface area contributed by atoms with E-state index in [4.69, 9.17) is 0 Å². The number of likely N-dealkylation sites (N-methyl/N-ethyl adjacent to an activating group) is 1. The van der Waals surface area contributed by atoms with Crippen LogP contribution in [0.2, 0.25) is 0 Å². The molecule has 2 rings (SSSR count). The number of nitrogens with one attached hydrogen (secondary N) is 1. The van der Waals surface area contributed by atoms with Gasteiger partial charge in [-0.25, -0.2) is 0 Å². The van der Waals surface area contributed by atoms with Gasteiger partial charge in [-0.05, 0) is 25.7 Å². The van der Waals surface area contributed by atoms with Gasteiger partial charge in [0.25, 0.3) is 0 Å². The van der Waals surface area contributed by atoms with Gasteiger partial charge in [-0.1, -0.05) is 26.2 Å². The lowest BCUT2D eigenvalue weighted by molar-refractivity contribution is -0.138. The molecule has 102 valence electrons. The molecule has 0 aromatic carbocycles. The number of amides is 2. The second-order valence-electron chi connectivity index (χ2n) is 5.62. The Morgan fingerprint density at radius 2 is 1.94 bits per heavy atom. The predicted molar refractivity (Wildman–Crippen MR) is 70.0 cm³/mol. The molecule has 1 heterocycles. The number of hydrogen-bond donors (Lipinski definition) is 1. The Labute approximate surface area is 109 Å². The summed E-state index contributed by atoms with van der Waals surface area (Å²) in [4.78, 5) is 25.1. The Morgan fingerprint density at radius 3 is 2.61 bits per heavy atom. The number of likely N-dealkylation sites (tertiary alicyclic amines) is 1. The summed E-state index contributed by atoms with van der Waals surface area (Å²) in [5, 5.41) is 3.44. The topological polar surface area (TPSA) is 49.4 Å². The van der Waals surface area contributed by atoms with Gasteiger partial charge in [0.2, 0.25) is 11.8 Å². The first kappa shape index (κ1) is 13.5. The van der Waals surface area contributed by atoms with Crippen LogP contribution in [0.3, 0.4) is 0 Å². The highest BCUT2D eigenvalue weighted by molar-refractivity contribution is 6.05. The number of imide groups is 1. The third kappa shape index (κ3) is 2.74. The average Bonchev–Trinajstić information content (AvgIpc) is 2.50. The van der Waals surface area contributed by atoms with Crippen LogP contribution in [0.25, 0.3) is 0 Å². The largest absolute Gasteiger partial charge is 0.302 e. The Hall–Kier alpha value is -0.900. The minimum Gasteiger partial charge on any atom is -0.302 e. The van der Waals surface area contributed by atoms with Gasteiger partial charge in [0, 0.05) is 12.6 Å². The first-order valence-electron chi connectivity index (χ1n) is 7.23. The molecular formula is C14H24N2O2. The van der Waals surface area contributed by atoms with Crippen molar-refractivity contribution >= 4 is 11.8 Å². The van der Waals surface area contributed by atoms with Crippen LogP contribution in [-0.2, 0) is 9.59 Å².